The number of carbonyl (C=O) groups is 2. The van der Waals surface area contributed by atoms with E-state index in [4.69, 9.17) is 14.2 Å². The van der Waals surface area contributed by atoms with Gasteiger partial charge in [-0.15, -0.1) is 0 Å². The molecule has 1 aromatic rings. The van der Waals surface area contributed by atoms with Crippen molar-refractivity contribution in [3.63, 3.8) is 0 Å². The van der Waals surface area contributed by atoms with Crippen molar-refractivity contribution < 1.29 is 23.8 Å². The molecule has 0 aromatic heterocycles. The predicted octanol–water partition coefficient (Wildman–Crippen LogP) is 3.78. The Kier molecular flexibility index (Phi) is 7.25. The van der Waals surface area contributed by atoms with Crippen molar-refractivity contribution in [2.45, 2.75) is 64.9 Å². The van der Waals surface area contributed by atoms with Crippen molar-refractivity contribution in [1.82, 2.24) is 4.90 Å². The van der Waals surface area contributed by atoms with Gasteiger partial charge < -0.3 is 19.1 Å². The van der Waals surface area contributed by atoms with Gasteiger partial charge in [-0.2, -0.15) is 0 Å². The predicted molar refractivity (Wildman–Crippen MR) is 102 cm³/mol. The Bertz CT molecular complexity index is 625. The minimum atomic E-state index is -0.562. The molecule has 2 rings (SSSR count). The summed E-state index contributed by atoms with van der Waals surface area (Å²) < 4.78 is 16.6. The molecule has 0 unspecified atom stereocenters. The van der Waals surface area contributed by atoms with Crippen molar-refractivity contribution in [3.8, 4) is 0 Å². The van der Waals surface area contributed by atoms with Gasteiger partial charge in [0, 0.05) is 13.7 Å². The highest BCUT2D eigenvalue weighted by Gasteiger charge is 2.41. The first kappa shape index (κ1) is 21.2. The van der Waals surface area contributed by atoms with Gasteiger partial charge >= 0.3 is 12.1 Å². The smallest absolute Gasteiger partial charge is 0.410 e. The Hall–Kier alpha value is -2.08. The van der Waals surface area contributed by atoms with Crippen molar-refractivity contribution in [2.24, 2.45) is 5.92 Å². The minimum Gasteiger partial charge on any atom is -0.461 e. The van der Waals surface area contributed by atoms with Crippen molar-refractivity contribution >= 4 is 12.1 Å². The number of esters is 1. The average molecular weight is 377 g/mol. The van der Waals surface area contributed by atoms with E-state index in [2.05, 4.69) is 0 Å². The summed E-state index contributed by atoms with van der Waals surface area (Å²) in [6.07, 6.45) is 0.823. The van der Waals surface area contributed by atoms with Gasteiger partial charge in [0.25, 0.3) is 0 Å². The van der Waals surface area contributed by atoms with E-state index in [1.165, 1.54) is 0 Å². The van der Waals surface area contributed by atoms with E-state index in [0.29, 0.717) is 6.54 Å². The number of amides is 1. The van der Waals surface area contributed by atoms with E-state index in [1.54, 1.807) is 18.9 Å². The van der Waals surface area contributed by atoms with Crippen molar-refractivity contribution in [1.29, 1.82) is 0 Å². The van der Waals surface area contributed by atoms with Gasteiger partial charge in [0.2, 0.25) is 0 Å². The SMILES string of the molecule is CO[C@H]([C@H](C)C(=O)OCc1ccccc1)[C@@H]1CCCN1C(=O)OC(C)(C)C. The van der Waals surface area contributed by atoms with Gasteiger partial charge in [-0.25, -0.2) is 4.79 Å². The van der Waals surface area contributed by atoms with Gasteiger partial charge in [-0.05, 0) is 46.1 Å². The molecule has 3 atom stereocenters. The zero-order valence-corrected chi connectivity index (χ0v) is 16.9. The summed E-state index contributed by atoms with van der Waals surface area (Å²) in [5.41, 5.74) is 0.371. The third kappa shape index (κ3) is 5.96. The number of hydrogen-bond acceptors (Lipinski definition) is 5. The lowest BCUT2D eigenvalue weighted by Crippen LogP contribution is -2.49. The molecule has 0 radical (unpaired) electrons. The molecule has 0 aliphatic carbocycles. The fraction of sp³-hybridized carbons (Fsp3) is 0.619. The second-order valence-corrected chi connectivity index (χ2v) is 7.97. The van der Waals surface area contributed by atoms with Crippen LogP contribution in [0.3, 0.4) is 0 Å². The Balaban J connectivity index is 2.00. The molecule has 150 valence electrons. The van der Waals surface area contributed by atoms with Crippen LogP contribution >= 0.6 is 0 Å². The first-order valence-corrected chi connectivity index (χ1v) is 9.46. The molecule has 6 heteroatoms. The molecule has 1 aliphatic heterocycles. The monoisotopic (exact) mass is 377 g/mol. The van der Waals surface area contributed by atoms with Crippen LogP contribution in [0.4, 0.5) is 4.79 Å². The van der Waals surface area contributed by atoms with Crippen LogP contribution in [-0.4, -0.2) is 48.4 Å². The molecule has 1 fully saturated rings. The third-order valence-electron chi connectivity index (χ3n) is 4.67. The Morgan fingerprint density at radius 1 is 1.22 bits per heavy atom. The van der Waals surface area contributed by atoms with E-state index in [1.807, 2.05) is 51.1 Å². The molecule has 1 amide bonds. The number of ether oxygens (including phenoxy) is 3. The molecule has 1 saturated heterocycles. The summed E-state index contributed by atoms with van der Waals surface area (Å²) in [4.78, 5) is 26.7. The fourth-order valence-electron chi connectivity index (χ4n) is 3.37. The number of hydrogen-bond donors (Lipinski definition) is 0. The summed E-state index contributed by atoms with van der Waals surface area (Å²) in [5.74, 6) is -0.825. The summed E-state index contributed by atoms with van der Waals surface area (Å²) in [6.45, 7) is 8.13. The highest BCUT2D eigenvalue weighted by Crippen LogP contribution is 2.28. The van der Waals surface area contributed by atoms with Gasteiger partial charge in [-0.1, -0.05) is 30.3 Å². The molecule has 1 aliphatic rings. The fourth-order valence-corrected chi connectivity index (χ4v) is 3.37. The lowest BCUT2D eigenvalue weighted by atomic mass is 9.96. The number of benzene rings is 1. The highest BCUT2D eigenvalue weighted by molar-refractivity contribution is 5.73. The van der Waals surface area contributed by atoms with E-state index in [0.717, 1.165) is 18.4 Å². The Morgan fingerprint density at radius 3 is 2.48 bits per heavy atom. The zero-order valence-electron chi connectivity index (χ0n) is 16.9. The molecular weight excluding hydrogens is 346 g/mol. The first-order valence-electron chi connectivity index (χ1n) is 9.46. The average Bonchev–Trinajstić information content (AvgIpc) is 3.09. The van der Waals surface area contributed by atoms with Crippen LogP contribution in [-0.2, 0) is 25.6 Å². The van der Waals surface area contributed by atoms with E-state index in [-0.39, 0.29) is 24.7 Å². The molecule has 1 aromatic carbocycles. The molecule has 1 heterocycles. The van der Waals surface area contributed by atoms with Crippen LogP contribution in [0.2, 0.25) is 0 Å². The number of nitrogens with zero attached hydrogens (tertiary/aromatic N) is 1. The van der Waals surface area contributed by atoms with Crippen LogP contribution in [0.5, 0.6) is 0 Å². The zero-order chi connectivity index (χ0) is 20.0. The lowest BCUT2D eigenvalue weighted by molar-refractivity contribution is -0.155. The first-order chi connectivity index (χ1) is 12.7. The molecule has 0 saturated carbocycles. The van der Waals surface area contributed by atoms with Gasteiger partial charge in [0.15, 0.2) is 0 Å². The number of methoxy groups -OCH3 is 1. The molecular formula is C21H31NO5. The maximum atomic E-state index is 12.5. The maximum absolute atomic E-state index is 12.5. The molecule has 0 N–H and O–H groups in total. The number of rotatable bonds is 6. The lowest BCUT2D eigenvalue weighted by Gasteiger charge is -2.34. The van der Waals surface area contributed by atoms with Crippen LogP contribution < -0.4 is 0 Å². The number of likely N-dealkylation sites (tertiary alicyclic amines) is 1. The summed E-state index contributed by atoms with van der Waals surface area (Å²) >= 11 is 0. The summed E-state index contributed by atoms with van der Waals surface area (Å²) in [6, 6.07) is 9.34. The Morgan fingerprint density at radius 2 is 1.89 bits per heavy atom. The standard InChI is InChI=1S/C21H31NO5/c1-15(19(23)26-14-16-10-7-6-8-11-16)18(25-5)17-12-9-13-22(17)20(24)27-21(2,3)4/h6-8,10-11,15,17-18H,9,12-14H2,1-5H3/t15-,17-,18+/m0/s1. The second-order valence-electron chi connectivity index (χ2n) is 7.97. The molecule has 0 bridgehead atoms. The summed E-state index contributed by atoms with van der Waals surface area (Å²) in [7, 11) is 1.57. The second kappa shape index (κ2) is 9.22. The van der Waals surface area contributed by atoms with Crippen LogP contribution in [0, 0.1) is 5.92 Å². The van der Waals surface area contributed by atoms with Gasteiger partial charge in [0.05, 0.1) is 18.1 Å². The summed E-state index contributed by atoms with van der Waals surface area (Å²) in [5, 5.41) is 0. The van der Waals surface area contributed by atoms with Crippen LogP contribution in [0.15, 0.2) is 30.3 Å². The van der Waals surface area contributed by atoms with Crippen molar-refractivity contribution in [3.05, 3.63) is 35.9 Å². The third-order valence-corrected chi connectivity index (χ3v) is 4.67. The van der Waals surface area contributed by atoms with Gasteiger partial charge in [-0.3, -0.25) is 4.79 Å². The highest BCUT2D eigenvalue weighted by atomic mass is 16.6. The van der Waals surface area contributed by atoms with Crippen molar-refractivity contribution in [2.75, 3.05) is 13.7 Å². The molecule has 0 spiro atoms. The van der Waals surface area contributed by atoms with E-state index < -0.39 is 17.6 Å². The molecule has 6 nitrogen and oxygen atoms in total. The Labute approximate surface area is 161 Å². The normalized spacial score (nSPS) is 19.4. The van der Waals surface area contributed by atoms with Crippen LogP contribution in [0.25, 0.3) is 0 Å². The quantitative estimate of drug-likeness (QED) is 0.706. The maximum Gasteiger partial charge on any atom is 0.410 e. The van der Waals surface area contributed by atoms with Crippen LogP contribution in [0.1, 0.15) is 46.1 Å². The topological polar surface area (TPSA) is 65.1 Å². The van der Waals surface area contributed by atoms with Gasteiger partial charge in [0.1, 0.15) is 12.2 Å². The number of carbonyl (C=O) groups excluding carboxylic acids is 2. The van der Waals surface area contributed by atoms with E-state index in [9.17, 15) is 9.59 Å². The molecule has 27 heavy (non-hydrogen) atoms. The largest absolute Gasteiger partial charge is 0.461 e. The minimum absolute atomic E-state index is 0.205. The van der Waals surface area contributed by atoms with E-state index >= 15 is 0 Å².